The third-order valence-corrected chi connectivity index (χ3v) is 4.46. The molecule has 4 aromatic rings. The Labute approximate surface area is 135 Å². The van der Waals surface area contributed by atoms with Crippen molar-refractivity contribution in [3.05, 3.63) is 77.9 Å². The zero-order valence-electron chi connectivity index (χ0n) is 13.3. The Morgan fingerprint density at radius 2 is 1.30 bits per heavy atom. The van der Waals surface area contributed by atoms with Gasteiger partial charge in [0.05, 0.1) is 0 Å². The molecule has 0 spiro atoms. The van der Waals surface area contributed by atoms with E-state index in [1.54, 1.807) is 6.07 Å². The van der Waals surface area contributed by atoms with Gasteiger partial charge >= 0.3 is 0 Å². The summed E-state index contributed by atoms with van der Waals surface area (Å²) in [7, 11) is 0. The third-order valence-electron chi connectivity index (χ3n) is 4.46. The topological polar surface area (TPSA) is 20.2 Å². The average Bonchev–Trinajstić information content (AvgIpc) is 2.54. The second-order valence-corrected chi connectivity index (χ2v) is 6.21. The molecule has 4 aromatic carbocycles. The Morgan fingerprint density at radius 1 is 0.652 bits per heavy atom. The molecule has 0 aliphatic carbocycles. The summed E-state index contributed by atoms with van der Waals surface area (Å²) in [4.78, 5) is 0. The summed E-state index contributed by atoms with van der Waals surface area (Å²) < 4.78 is 0. The van der Waals surface area contributed by atoms with Crippen molar-refractivity contribution in [2.75, 3.05) is 0 Å². The lowest BCUT2D eigenvalue weighted by Crippen LogP contribution is -1.86. The maximum atomic E-state index is 10.5. The highest BCUT2D eigenvalue weighted by Gasteiger charge is 2.12. The number of rotatable bonds is 1. The summed E-state index contributed by atoms with van der Waals surface area (Å²) in [6.45, 7) is 4.19. The van der Waals surface area contributed by atoms with E-state index in [2.05, 4.69) is 68.4 Å². The summed E-state index contributed by atoms with van der Waals surface area (Å²) in [6.07, 6.45) is 0. The zero-order chi connectivity index (χ0) is 16.0. The van der Waals surface area contributed by atoms with E-state index < -0.39 is 0 Å². The maximum absolute atomic E-state index is 10.5. The Hall–Kier alpha value is -2.80. The lowest BCUT2D eigenvalue weighted by atomic mass is 9.92. The number of aromatic hydroxyl groups is 1. The molecule has 4 rings (SSSR count). The number of phenolic OH excluding ortho intramolecular Hbond substituents is 1. The number of aryl methyl sites for hydroxylation is 2. The van der Waals surface area contributed by atoms with Gasteiger partial charge in [-0.25, -0.2) is 0 Å². The first-order chi connectivity index (χ1) is 11.1. The Morgan fingerprint density at radius 3 is 2.04 bits per heavy atom. The molecular formula is C22H18O. The largest absolute Gasteiger partial charge is 0.507 e. The van der Waals surface area contributed by atoms with E-state index in [0.717, 1.165) is 21.9 Å². The van der Waals surface area contributed by atoms with Crippen LogP contribution in [0.5, 0.6) is 5.75 Å². The average molecular weight is 298 g/mol. The van der Waals surface area contributed by atoms with Gasteiger partial charge in [0, 0.05) is 5.56 Å². The zero-order valence-corrected chi connectivity index (χ0v) is 13.3. The molecule has 0 amide bonds. The second-order valence-electron chi connectivity index (χ2n) is 6.21. The van der Waals surface area contributed by atoms with E-state index >= 15 is 0 Å². The normalized spacial score (nSPS) is 11.2. The fraction of sp³-hybridized carbons (Fsp3) is 0.0909. The van der Waals surface area contributed by atoms with Crippen LogP contribution in [0.15, 0.2) is 66.7 Å². The number of benzene rings is 4. The van der Waals surface area contributed by atoms with Crippen molar-refractivity contribution in [3.8, 4) is 16.9 Å². The van der Waals surface area contributed by atoms with Gasteiger partial charge in [0.25, 0.3) is 0 Å². The van der Waals surface area contributed by atoms with Crippen LogP contribution in [0.3, 0.4) is 0 Å². The number of hydrogen-bond acceptors (Lipinski definition) is 1. The SMILES string of the molecule is Cc1ccc2c(-c3c(O)ccc4cc(C)ccc34)cccc2c1. The molecule has 0 unspecified atom stereocenters. The molecule has 0 bridgehead atoms. The molecule has 0 saturated heterocycles. The summed E-state index contributed by atoms with van der Waals surface area (Å²) in [5.74, 6) is 0.328. The van der Waals surface area contributed by atoms with Crippen molar-refractivity contribution in [1.29, 1.82) is 0 Å². The van der Waals surface area contributed by atoms with Gasteiger partial charge in [-0.1, -0.05) is 71.8 Å². The molecule has 112 valence electrons. The van der Waals surface area contributed by atoms with E-state index in [1.165, 1.54) is 21.9 Å². The first kappa shape index (κ1) is 13.8. The van der Waals surface area contributed by atoms with Gasteiger partial charge in [0.2, 0.25) is 0 Å². The van der Waals surface area contributed by atoms with Crippen LogP contribution in [0.4, 0.5) is 0 Å². The predicted octanol–water partition coefficient (Wildman–Crippen LogP) is 5.98. The van der Waals surface area contributed by atoms with Crippen molar-refractivity contribution >= 4 is 21.5 Å². The van der Waals surface area contributed by atoms with Crippen LogP contribution in [0.1, 0.15) is 11.1 Å². The smallest absolute Gasteiger partial charge is 0.124 e. The molecule has 0 radical (unpaired) electrons. The van der Waals surface area contributed by atoms with Crippen LogP contribution < -0.4 is 0 Å². The fourth-order valence-corrected chi connectivity index (χ4v) is 3.34. The van der Waals surface area contributed by atoms with Gasteiger partial charge in [-0.2, -0.15) is 0 Å². The lowest BCUT2D eigenvalue weighted by Gasteiger charge is -2.13. The highest BCUT2D eigenvalue weighted by atomic mass is 16.3. The van der Waals surface area contributed by atoms with E-state index in [-0.39, 0.29) is 0 Å². The molecule has 0 aliphatic rings. The molecule has 23 heavy (non-hydrogen) atoms. The van der Waals surface area contributed by atoms with Crippen LogP contribution in [-0.4, -0.2) is 5.11 Å². The minimum Gasteiger partial charge on any atom is -0.507 e. The first-order valence-corrected chi connectivity index (χ1v) is 7.85. The Bertz CT molecular complexity index is 1040. The molecule has 0 aliphatic heterocycles. The minimum atomic E-state index is 0.328. The Balaban J connectivity index is 2.12. The van der Waals surface area contributed by atoms with Gasteiger partial charge < -0.3 is 5.11 Å². The lowest BCUT2D eigenvalue weighted by molar-refractivity contribution is 0.478. The third kappa shape index (κ3) is 2.25. The van der Waals surface area contributed by atoms with Gasteiger partial charge in [-0.3, -0.25) is 0 Å². The number of fused-ring (bicyclic) bond motifs is 2. The van der Waals surface area contributed by atoms with E-state index in [0.29, 0.717) is 5.75 Å². The van der Waals surface area contributed by atoms with Crippen LogP contribution in [0, 0.1) is 13.8 Å². The summed E-state index contributed by atoms with van der Waals surface area (Å²) in [5.41, 5.74) is 4.46. The maximum Gasteiger partial charge on any atom is 0.124 e. The van der Waals surface area contributed by atoms with Crippen LogP contribution in [0.25, 0.3) is 32.7 Å². The van der Waals surface area contributed by atoms with Crippen LogP contribution in [0.2, 0.25) is 0 Å². The summed E-state index contributed by atoms with van der Waals surface area (Å²) >= 11 is 0. The molecule has 1 heteroatoms. The molecule has 1 nitrogen and oxygen atoms in total. The second kappa shape index (κ2) is 5.13. The monoisotopic (exact) mass is 298 g/mol. The van der Waals surface area contributed by atoms with Crippen molar-refractivity contribution in [2.24, 2.45) is 0 Å². The fourth-order valence-electron chi connectivity index (χ4n) is 3.34. The first-order valence-electron chi connectivity index (χ1n) is 7.85. The quantitative estimate of drug-likeness (QED) is 0.458. The van der Waals surface area contributed by atoms with Crippen molar-refractivity contribution in [2.45, 2.75) is 13.8 Å². The number of phenols is 1. The van der Waals surface area contributed by atoms with Crippen LogP contribution in [-0.2, 0) is 0 Å². The van der Waals surface area contributed by atoms with Crippen molar-refractivity contribution in [3.63, 3.8) is 0 Å². The summed E-state index contributed by atoms with van der Waals surface area (Å²) in [5, 5.41) is 15.2. The highest BCUT2D eigenvalue weighted by Crippen LogP contribution is 2.40. The van der Waals surface area contributed by atoms with Gasteiger partial charge in [0.1, 0.15) is 5.75 Å². The van der Waals surface area contributed by atoms with Gasteiger partial charge in [0.15, 0.2) is 0 Å². The van der Waals surface area contributed by atoms with E-state index in [4.69, 9.17) is 0 Å². The predicted molar refractivity (Wildman–Crippen MR) is 98.0 cm³/mol. The molecule has 0 aromatic heterocycles. The van der Waals surface area contributed by atoms with Crippen molar-refractivity contribution < 1.29 is 5.11 Å². The van der Waals surface area contributed by atoms with E-state index in [1.807, 2.05) is 6.07 Å². The molecular weight excluding hydrogens is 280 g/mol. The summed E-state index contributed by atoms with van der Waals surface area (Å²) in [6, 6.07) is 22.9. The number of hydrogen-bond donors (Lipinski definition) is 1. The molecule has 0 fully saturated rings. The Kier molecular flexibility index (Phi) is 3.09. The van der Waals surface area contributed by atoms with Crippen LogP contribution >= 0.6 is 0 Å². The van der Waals surface area contributed by atoms with Crippen molar-refractivity contribution in [1.82, 2.24) is 0 Å². The minimum absolute atomic E-state index is 0.328. The molecule has 0 saturated carbocycles. The van der Waals surface area contributed by atoms with Gasteiger partial charge in [-0.05, 0) is 47.0 Å². The molecule has 1 N–H and O–H groups in total. The van der Waals surface area contributed by atoms with Gasteiger partial charge in [-0.15, -0.1) is 0 Å². The van der Waals surface area contributed by atoms with E-state index in [9.17, 15) is 5.11 Å². The molecule has 0 atom stereocenters. The molecule has 0 heterocycles. The highest BCUT2D eigenvalue weighted by molar-refractivity contribution is 6.07. The standard InChI is InChI=1S/C22H18O/c1-14-6-9-18-16(12-14)4-3-5-20(18)22-19-10-7-15(2)13-17(19)8-11-21(22)23/h3-13,23H,1-2H3.